The molecule has 1 aromatic heterocycles. The number of fused-ring (bicyclic) bond motifs is 1. The molecule has 0 saturated heterocycles. The van der Waals surface area contributed by atoms with E-state index in [0.29, 0.717) is 6.04 Å². The summed E-state index contributed by atoms with van der Waals surface area (Å²) in [6.07, 6.45) is 6.41. The van der Waals surface area contributed by atoms with Gasteiger partial charge in [0.05, 0.1) is 6.04 Å². The smallest absolute Gasteiger partial charge is 0.167 e. The molecular formula is C17H22N2OS. The number of hydrogen-bond donors (Lipinski definition) is 2. The molecule has 1 unspecified atom stereocenters. The molecular weight excluding hydrogens is 280 g/mol. The number of nitrogens with one attached hydrogen (secondary N) is 2. The van der Waals surface area contributed by atoms with Crippen LogP contribution in [0.25, 0.3) is 11.0 Å². The zero-order valence-electron chi connectivity index (χ0n) is 12.4. The zero-order chi connectivity index (χ0) is 14.7. The molecule has 0 radical (unpaired) electrons. The Balaban J connectivity index is 1.59. The fraction of sp³-hybridized carbons (Fsp3) is 0.471. The van der Waals surface area contributed by atoms with Crippen LogP contribution in [0.4, 0.5) is 0 Å². The van der Waals surface area contributed by atoms with Crippen LogP contribution in [0, 0.1) is 0 Å². The van der Waals surface area contributed by atoms with Gasteiger partial charge in [-0.05, 0) is 44.1 Å². The van der Waals surface area contributed by atoms with Gasteiger partial charge < -0.3 is 15.1 Å². The molecule has 1 atom stereocenters. The lowest BCUT2D eigenvalue weighted by atomic mass is 9.96. The Labute approximate surface area is 131 Å². The van der Waals surface area contributed by atoms with Crippen molar-refractivity contribution in [1.29, 1.82) is 0 Å². The lowest BCUT2D eigenvalue weighted by Crippen LogP contribution is -2.43. The van der Waals surface area contributed by atoms with E-state index < -0.39 is 0 Å². The molecule has 1 saturated carbocycles. The van der Waals surface area contributed by atoms with Gasteiger partial charge in [-0.2, -0.15) is 0 Å². The van der Waals surface area contributed by atoms with Crippen LogP contribution in [0.15, 0.2) is 34.7 Å². The van der Waals surface area contributed by atoms with E-state index in [0.717, 1.165) is 21.8 Å². The van der Waals surface area contributed by atoms with Gasteiger partial charge in [-0.1, -0.05) is 37.5 Å². The summed E-state index contributed by atoms with van der Waals surface area (Å²) in [4.78, 5) is 0. The van der Waals surface area contributed by atoms with Gasteiger partial charge >= 0.3 is 0 Å². The molecule has 0 aliphatic heterocycles. The van der Waals surface area contributed by atoms with Crippen molar-refractivity contribution in [2.45, 2.75) is 51.1 Å². The van der Waals surface area contributed by atoms with Gasteiger partial charge in [-0.25, -0.2) is 0 Å². The number of furan rings is 1. The zero-order valence-corrected chi connectivity index (χ0v) is 13.2. The summed E-state index contributed by atoms with van der Waals surface area (Å²) >= 11 is 5.43. The van der Waals surface area contributed by atoms with Crippen molar-refractivity contribution in [3.8, 4) is 0 Å². The first-order chi connectivity index (χ1) is 10.2. The third-order valence-electron chi connectivity index (χ3n) is 4.16. The number of hydrogen-bond acceptors (Lipinski definition) is 2. The number of thiocarbonyl (C=S) groups is 1. The molecule has 1 aromatic carbocycles. The average Bonchev–Trinajstić information content (AvgIpc) is 2.92. The van der Waals surface area contributed by atoms with Crippen LogP contribution in [-0.4, -0.2) is 11.2 Å². The van der Waals surface area contributed by atoms with Crippen LogP contribution in [-0.2, 0) is 0 Å². The summed E-state index contributed by atoms with van der Waals surface area (Å²) in [6, 6.07) is 10.7. The minimum atomic E-state index is 0.0704. The van der Waals surface area contributed by atoms with Crippen molar-refractivity contribution in [2.24, 2.45) is 0 Å². The molecule has 4 heteroatoms. The van der Waals surface area contributed by atoms with Crippen molar-refractivity contribution in [3.05, 3.63) is 36.1 Å². The molecule has 112 valence electrons. The monoisotopic (exact) mass is 302 g/mol. The van der Waals surface area contributed by atoms with E-state index in [1.54, 1.807) is 0 Å². The lowest BCUT2D eigenvalue weighted by molar-refractivity contribution is 0.408. The van der Waals surface area contributed by atoms with E-state index in [-0.39, 0.29) is 6.04 Å². The van der Waals surface area contributed by atoms with Crippen molar-refractivity contribution in [2.75, 3.05) is 0 Å². The van der Waals surface area contributed by atoms with Crippen LogP contribution in [0.2, 0.25) is 0 Å². The quantitative estimate of drug-likeness (QED) is 0.829. The first-order valence-corrected chi connectivity index (χ1v) is 8.19. The highest BCUT2D eigenvalue weighted by atomic mass is 32.1. The van der Waals surface area contributed by atoms with Gasteiger partial charge in [-0.3, -0.25) is 0 Å². The van der Waals surface area contributed by atoms with Gasteiger partial charge in [0.15, 0.2) is 5.11 Å². The van der Waals surface area contributed by atoms with Crippen molar-refractivity contribution < 1.29 is 4.42 Å². The molecule has 1 heterocycles. The van der Waals surface area contributed by atoms with Gasteiger partial charge in [0.25, 0.3) is 0 Å². The van der Waals surface area contributed by atoms with E-state index >= 15 is 0 Å². The molecule has 0 bridgehead atoms. The van der Waals surface area contributed by atoms with E-state index in [2.05, 4.69) is 29.7 Å². The number of rotatable bonds is 3. The average molecular weight is 302 g/mol. The second kappa shape index (κ2) is 6.48. The van der Waals surface area contributed by atoms with Gasteiger partial charge in [0.1, 0.15) is 11.3 Å². The number of para-hydroxylation sites is 1. The standard InChI is InChI=1S/C17H22N2OS/c1-12(16-11-13-7-5-6-10-15(13)20-16)18-17(21)19-14-8-3-2-4-9-14/h5-7,10-12,14H,2-4,8-9H2,1H3,(H2,18,19,21). The molecule has 3 rings (SSSR count). The SMILES string of the molecule is CC(NC(=S)NC1CCCCC1)c1cc2ccccc2o1. The Morgan fingerprint density at radius 2 is 2.00 bits per heavy atom. The minimum absolute atomic E-state index is 0.0704. The first-order valence-electron chi connectivity index (χ1n) is 7.78. The molecule has 2 aromatic rings. The molecule has 21 heavy (non-hydrogen) atoms. The summed E-state index contributed by atoms with van der Waals surface area (Å²) in [5.41, 5.74) is 0.923. The largest absolute Gasteiger partial charge is 0.459 e. The van der Waals surface area contributed by atoms with Crippen LogP contribution >= 0.6 is 12.2 Å². The maximum Gasteiger partial charge on any atom is 0.167 e. The fourth-order valence-electron chi connectivity index (χ4n) is 2.96. The van der Waals surface area contributed by atoms with Crippen molar-refractivity contribution in [1.82, 2.24) is 10.6 Å². The highest BCUT2D eigenvalue weighted by molar-refractivity contribution is 7.80. The summed E-state index contributed by atoms with van der Waals surface area (Å²) in [7, 11) is 0. The summed E-state index contributed by atoms with van der Waals surface area (Å²) < 4.78 is 5.87. The summed E-state index contributed by atoms with van der Waals surface area (Å²) in [6.45, 7) is 2.08. The Hall–Kier alpha value is -1.55. The third kappa shape index (κ3) is 3.56. The maximum atomic E-state index is 5.87. The predicted molar refractivity (Wildman–Crippen MR) is 90.4 cm³/mol. The van der Waals surface area contributed by atoms with Crippen LogP contribution in [0.5, 0.6) is 0 Å². The van der Waals surface area contributed by atoms with Crippen LogP contribution in [0.1, 0.15) is 50.8 Å². The molecule has 0 amide bonds. The van der Waals surface area contributed by atoms with Gasteiger partial charge in [-0.15, -0.1) is 0 Å². The summed E-state index contributed by atoms with van der Waals surface area (Å²) in [5, 5.41) is 8.63. The highest BCUT2D eigenvalue weighted by Crippen LogP contribution is 2.23. The van der Waals surface area contributed by atoms with Crippen molar-refractivity contribution in [3.63, 3.8) is 0 Å². The molecule has 0 spiro atoms. The Morgan fingerprint density at radius 1 is 1.24 bits per heavy atom. The normalized spacial score (nSPS) is 17.6. The van der Waals surface area contributed by atoms with Gasteiger partial charge in [0, 0.05) is 11.4 Å². The second-order valence-corrected chi connectivity index (χ2v) is 6.27. The molecule has 1 aliphatic rings. The van der Waals surface area contributed by atoms with Crippen molar-refractivity contribution >= 4 is 28.3 Å². The fourth-order valence-corrected chi connectivity index (χ4v) is 3.30. The maximum absolute atomic E-state index is 5.87. The Kier molecular flexibility index (Phi) is 4.44. The van der Waals surface area contributed by atoms with E-state index in [1.165, 1.54) is 32.1 Å². The van der Waals surface area contributed by atoms with E-state index in [9.17, 15) is 0 Å². The molecule has 2 N–H and O–H groups in total. The Morgan fingerprint density at radius 3 is 2.76 bits per heavy atom. The third-order valence-corrected chi connectivity index (χ3v) is 4.40. The molecule has 3 nitrogen and oxygen atoms in total. The van der Waals surface area contributed by atoms with E-state index in [4.69, 9.17) is 16.6 Å². The first kappa shape index (κ1) is 14.4. The predicted octanol–water partition coefficient (Wildman–Crippen LogP) is 4.29. The highest BCUT2D eigenvalue weighted by Gasteiger charge is 2.16. The summed E-state index contributed by atoms with van der Waals surface area (Å²) in [5.74, 6) is 0.920. The van der Waals surface area contributed by atoms with Crippen LogP contribution < -0.4 is 10.6 Å². The lowest BCUT2D eigenvalue weighted by Gasteiger charge is -2.25. The Bertz CT molecular complexity index is 583. The molecule has 1 fully saturated rings. The topological polar surface area (TPSA) is 37.2 Å². The van der Waals surface area contributed by atoms with Crippen LogP contribution in [0.3, 0.4) is 0 Å². The number of benzene rings is 1. The van der Waals surface area contributed by atoms with E-state index in [1.807, 2.05) is 18.2 Å². The van der Waals surface area contributed by atoms with Gasteiger partial charge in [0.2, 0.25) is 0 Å². The molecule has 1 aliphatic carbocycles. The second-order valence-electron chi connectivity index (χ2n) is 5.86. The minimum Gasteiger partial charge on any atom is -0.459 e.